The number of carboxylic acids is 1. The summed E-state index contributed by atoms with van der Waals surface area (Å²) in [6.45, 7) is 2.55. The summed E-state index contributed by atoms with van der Waals surface area (Å²) in [5.41, 5.74) is -0.154. The molecule has 0 fully saturated rings. The molecule has 1 aromatic carbocycles. The summed E-state index contributed by atoms with van der Waals surface area (Å²) in [5, 5.41) is 11.9. The topological polar surface area (TPSA) is 84.9 Å². The summed E-state index contributed by atoms with van der Waals surface area (Å²) in [5.74, 6) is -1.47. The Morgan fingerprint density at radius 1 is 1.43 bits per heavy atom. The highest BCUT2D eigenvalue weighted by molar-refractivity contribution is 6.33. The van der Waals surface area contributed by atoms with Crippen molar-refractivity contribution < 1.29 is 24.2 Å². The maximum absolute atomic E-state index is 11.8. The number of carbonyl (C=O) groups is 2. The number of carbonyl (C=O) groups excluding carboxylic acids is 1. The predicted octanol–water partition coefficient (Wildman–Crippen LogP) is 1.96. The number of amides is 1. The number of aromatic carboxylic acids is 1. The molecule has 1 unspecified atom stereocenters. The molecule has 7 heteroatoms. The summed E-state index contributed by atoms with van der Waals surface area (Å²) >= 11 is 5.83. The van der Waals surface area contributed by atoms with Gasteiger partial charge in [-0.3, -0.25) is 4.79 Å². The summed E-state index contributed by atoms with van der Waals surface area (Å²) in [7, 11) is 1.58. The zero-order valence-electron chi connectivity index (χ0n) is 11.9. The monoisotopic (exact) mass is 315 g/mol. The fourth-order valence-electron chi connectivity index (χ4n) is 1.63. The highest BCUT2D eigenvalue weighted by atomic mass is 35.5. The van der Waals surface area contributed by atoms with Crippen molar-refractivity contribution in [3.63, 3.8) is 0 Å². The van der Waals surface area contributed by atoms with Crippen molar-refractivity contribution in [1.82, 2.24) is 5.32 Å². The molecule has 0 saturated carbocycles. The minimum Gasteiger partial charge on any atom is -0.480 e. The van der Waals surface area contributed by atoms with Crippen LogP contribution in [0.1, 0.15) is 23.7 Å². The number of hydrogen-bond donors (Lipinski definition) is 2. The average Bonchev–Trinajstić information content (AvgIpc) is 2.43. The van der Waals surface area contributed by atoms with E-state index < -0.39 is 12.1 Å². The largest absolute Gasteiger partial charge is 0.480 e. The van der Waals surface area contributed by atoms with Crippen LogP contribution in [0.15, 0.2) is 18.2 Å². The van der Waals surface area contributed by atoms with Crippen LogP contribution < -0.4 is 10.1 Å². The number of methoxy groups -OCH3 is 1. The molecule has 2 N–H and O–H groups in total. The third kappa shape index (κ3) is 5.24. The van der Waals surface area contributed by atoms with Gasteiger partial charge in [-0.15, -0.1) is 0 Å². The van der Waals surface area contributed by atoms with Crippen LogP contribution in [0.5, 0.6) is 5.75 Å². The van der Waals surface area contributed by atoms with E-state index in [2.05, 4.69) is 5.32 Å². The molecule has 0 aromatic heterocycles. The normalized spacial score (nSPS) is 11.8. The first-order chi connectivity index (χ1) is 9.97. The number of hydrogen-bond acceptors (Lipinski definition) is 4. The van der Waals surface area contributed by atoms with E-state index in [-0.39, 0.29) is 22.2 Å². The molecule has 0 aliphatic heterocycles. The number of ether oxygens (including phenoxy) is 2. The summed E-state index contributed by atoms with van der Waals surface area (Å²) < 4.78 is 10.3. The van der Waals surface area contributed by atoms with E-state index >= 15 is 0 Å². The number of rotatable bonds is 8. The molecule has 0 saturated heterocycles. The second kappa shape index (κ2) is 8.49. The van der Waals surface area contributed by atoms with E-state index in [1.54, 1.807) is 13.2 Å². The first-order valence-corrected chi connectivity index (χ1v) is 6.80. The van der Waals surface area contributed by atoms with Crippen LogP contribution in [-0.2, 0) is 9.53 Å². The van der Waals surface area contributed by atoms with Gasteiger partial charge in [-0.1, -0.05) is 17.7 Å². The SMILES string of the molecule is COCCCNC(=O)C(C)Oc1cccc(Cl)c1C(=O)O. The van der Waals surface area contributed by atoms with E-state index in [1.807, 2.05) is 0 Å². The van der Waals surface area contributed by atoms with Gasteiger partial charge in [0.25, 0.3) is 5.91 Å². The minimum atomic E-state index is -1.21. The smallest absolute Gasteiger partial charge is 0.341 e. The van der Waals surface area contributed by atoms with Gasteiger partial charge in [-0.2, -0.15) is 0 Å². The quantitative estimate of drug-likeness (QED) is 0.716. The Labute approximate surface area is 128 Å². The molecule has 1 atom stereocenters. The molecule has 0 aliphatic carbocycles. The number of benzene rings is 1. The first-order valence-electron chi connectivity index (χ1n) is 6.42. The van der Waals surface area contributed by atoms with E-state index in [4.69, 9.17) is 26.2 Å². The van der Waals surface area contributed by atoms with Gasteiger partial charge in [0.2, 0.25) is 0 Å². The third-order valence-electron chi connectivity index (χ3n) is 2.69. The van der Waals surface area contributed by atoms with Crippen LogP contribution in [-0.4, -0.2) is 43.3 Å². The van der Waals surface area contributed by atoms with Gasteiger partial charge in [-0.25, -0.2) is 4.79 Å². The van der Waals surface area contributed by atoms with Gasteiger partial charge in [0.05, 0.1) is 5.02 Å². The number of halogens is 1. The standard InChI is InChI=1S/C14H18ClNO5/c1-9(13(17)16-7-4-8-20-2)21-11-6-3-5-10(15)12(11)14(18)19/h3,5-6,9H,4,7-8H2,1-2H3,(H,16,17)(H,18,19). The molecule has 21 heavy (non-hydrogen) atoms. The lowest BCUT2D eigenvalue weighted by Crippen LogP contribution is -2.37. The second-order valence-electron chi connectivity index (χ2n) is 4.32. The van der Waals surface area contributed by atoms with Crippen LogP contribution in [0.4, 0.5) is 0 Å². The van der Waals surface area contributed by atoms with Crippen LogP contribution in [0.3, 0.4) is 0 Å². The Hall–Kier alpha value is -1.79. The molecule has 0 heterocycles. The third-order valence-corrected chi connectivity index (χ3v) is 3.00. The Bertz CT molecular complexity index is 506. The lowest BCUT2D eigenvalue weighted by molar-refractivity contribution is -0.127. The van der Waals surface area contributed by atoms with Gasteiger partial charge in [0.1, 0.15) is 11.3 Å². The van der Waals surface area contributed by atoms with E-state index in [0.717, 1.165) is 0 Å². The summed E-state index contributed by atoms with van der Waals surface area (Å²) in [6, 6.07) is 4.48. The highest BCUT2D eigenvalue weighted by Gasteiger charge is 2.20. The Balaban J connectivity index is 2.66. The second-order valence-corrected chi connectivity index (χ2v) is 4.72. The van der Waals surface area contributed by atoms with E-state index in [9.17, 15) is 9.59 Å². The van der Waals surface area contributed by atoms with Gasteiger partial charge in [0.15, 0.2) is 6.10 Å². The molecule has 0 aliphatic rings. The molecule has 116 valence electrons. The van der Waals surface area contributed by atoms with E-state index in [0.29, 0.717) is 19.6 Å². The van der Waals surface area contributed by atoms with Crippen LogP contribution >= 0.6 is 11.6 Å². The molecule has 1 aromatic rings. The number of nitrogens with one attached hydrogen (secondary N) is 1. The average molecular weight is 316 g/mol. The van der Waals surface area contributed by atoms with Gasteiger partial charge < -0.3 is 19.9 Å². The lowest BCUT2D eigenvalue weighted by Gasteiger charge is -2.16. The lowest BCUT2D eigenvalue weighted by atomic mass is 10.2. The van der Waals surface area contributed by atoms with Gasteiger partial charge in [0, 0.05) is 20.3 Å². The highest BCUT2D eigenvalue weighted by Crippen LogP contribution is 2.27. The number of carboxylic acid groups (broad SMARTS) is 1. The zero-order valence-corrected chi connectivity index (χ0v) is 12.6. The molecule has 6 nitrogen and oxygen atoms in total. The van der Waals surface area contributed by atoms with Crippen molar-refractivity contribution in [3.8, 4) is 5.75 Å². The first kappa shape index (κ1) is 17.3. The van der Waals surface area contributed by atoms with Crippen LogP contribution in [0, 0.1) is 0 Å². The predicted molar refractivity (Wildman–Crippen MR) is 78.0 cm³/mol. The Morgan fingerprint density at radius 2 is 2.14 bits per heavy atom. The summed E-state index contributed by atoms with van der Waals surface area (Å²) in [4.78, 5) is 23.0. The fraction of sp³-hybridized carbons (Fsp3) is 0.429. The van der Waals surface area contributed by atoms with E-state index in [1.165, 1.54) is 19.1 Å². The minimum absolute atomic E-state index is 0.0627. The molecule has 0 bridgehead atoms. The van der Waals surface area contributed by atoms with Crippen molar-refractivity contribution in [2.75, 3.05) is 20.3 Å². The van der Waals surface area contributed by atoms with Crippen LogP contribution in [0.2, 0.25) is 5.02 Å². The maximum Gasteiger partial charge on any atom is 0.341 e. The Kier molecular flexibility index (Phi) is 6.98. The van der Waals surface area contributed by atoms with Crippen molar-refractivity contribution in [3.05, 3.63) is 28.8 Å². The van der Waals surface area contributed by atoms with Crippen LogP contribution in [0.25, 0.3) is 0 Å². The molecular weight excluding hydrogens is 298 g/mol. The van der Waals surface area contributed by atoms with Crippen molar-refractivity contribution in [2.45, 2.75) is 19.4 Å². The zero-order chi connectivity index (χ0) is 15.8. The van der Waals surface area contributed by atoms with Crippen molar-refractivity contribution in [1.29, 1.82) is 0 Å². The maximum atomic E-state index is 11.8. The van der Waals surface area contributed by atoms with Gasteiger partial charge in [-0.05, 0) is 25.5 Å². The van der Waals surface area contributed by atoms with Gasteiger partial charge >= 0.3 is 5.97 Å². The summed E-state index contributed by atoms with van der Waals surface area (Å²) in [6.07, 6.45) is -0.143. The Morgan fingerprint density at radius 3 is 2.76 bits per heavy atom. The van der Waals surface area contributed by atoms with Crippen molar-refractivity contribution in [2.24, 2.45) is 0 Å². The molecule has 1 rings (SSSR count). The molecule has 0 spiro atoms. The fourth-order valence-corrected chi connectivity index (χ4v) is 1.87. The molecule has 1 amide bonds. The van der Waals surface area contributed by atoms with Crippen molar-refractivity contribution >= 4 is 23.5 Å². The molecule has 0 radical (unpaired) electrons. The molecular formula is C14H18ClNO5.